The third-order valence-electron chi connectivity index (χ3n) is 6.98. The molecular weight excluding hydrogens is 483 g/mol. The van der Waals surface area contributed by atoms with Crippen molar-refractivity contribution in [1.29, 1.82) is 0 Å². The van der Waals surface area contributed by atoms with Crippen LogP contribution < -0.4 is 10.8 Å². The first kappa shape index (κ1) is 27.4. The molecule has 4 N–H and O–H groups in total. The number of imidazole rings is 1. The Bertz CT molecular complexity index is 1010. The van der Waals surface area contributed by atoms with Crippen molar-refractivity contribution < 1.29 is 23.5 Å². The molecule has 202 valence electrons. The average molecular weight is 525 g/mol. The van der Waals surface area contributed by atoms with E-state index in [0.717, 1.165) is 12.8 Å². The summed E-state index contributed by atoms with van der Waals surface area (Å²) in [5.74, 6) is 0.245. The first-order valence-corrected chi connectivity index (χ1v) is 15.0. The molecule has 2 aliphatic heterocycles. The minimum atomic E-state index is -3.52. The van der Waals surface area contributed by atoms with Crippen molar-refractivity contribution in [1.82, 2.24) is 24.6 Å². The highest BCUT2D eigenvalue weighted by molar-refractivity contribution is 7.51. The van der Waals surface area contributed by atoms with E-state index in [1.165, 1.54) is 76.9 Å². The topological polar surface area (TPSA) is 147 Å². The summed E-state index contributed by atoms with van der Waals surface area (Å²) in [6.45, 7) is 2.85. The van der Waals surface area contributed by atoms with E-state index in [4.69, 9.17) is 19.5 Å². The van der Waals surface area contributed by atoms with Crippen LogP contribution in [0.1, 0.15) is 90.2 Å². The highest BCUT2D eigenvalue weighted by Gasteiger charge is 2.52. The van der Waals surface area contributed by atoms with Crippen LogP contribution in [-0.4, -0.2) is 56.1 Å². The van der Waals surface area contributed by atoms with Crippen LogP contribution in [0.4, 0.5) is 5.82 Å². The Morgan fingerprint density at radius 2 is 1.72 bits per heavy atom. The maximum atomic E-state index is 13.1. The maximum Gasteiger partial charge on any atom is 0.406 e. The predicted octanol–water partition coefficient (Wildman–Crippen LogP) is 4.48. The van der Waals surface area contributed by atoms with Crippen molar-refractivity contribution in [2.45, 2.75) is 109 Å². The fraction of sp³-hybridized carbons (Fsp3) is 0.792. The zero-order chi connectivity index (χ0) is 25.4. The zero-order valence-corrected chi connectivity index (χ0v) is 22.2. The van der Waals surface area contributed by atoms with Crippen LogP contribution in [0.5, 0.6) is 0 Å². The number of hydrogen-bond donors (Lipinski definition) is 3. The molecule has 12 heteroatoms. The van der Waals surface area contributed by atoms with Gasteiger partial charge in [-0.15, -0.1) is 0 Å². The lowest BCUT2D eigenvalue weighted by Gasteiger charge is -2.31. The summed E-state index contributed by atoms with van der Waals surface area (Å²) >= 11 is 0. The largest absolute Gasteiger partial charge is 0.406 e. The molecule has 0 spiro atoms. The number of nitrogens with zero attached hydrogens (tertiary/aromatic N) is 4. The number of nitrogens with two attached hydrogens (primary N) is 1. The number of ether oxygens (including phenoxy) is 1. The number of aliphatic hydroxyl groups is 1. The van der Waals surface area contributed by atoms with Crippen LogP contribution >= 0.6 is 7.75 Å². The van der Waals surface area contributed by atoms with Gasteiger partial charge in [-0.25, -0.2) is 24.6 Å². The number of fused-ring (bicyclic) bond motifs is 2. The van der Waals surface area contributed by atoms with E-state index in [-0.39, 0.29) is 12.4 Å². The van der Waals surface area contributed by atoms with Gasteiger partial charge in [0.15, 0.2) is 17.7 Å². The van der Waals surface area contributed by atoms with Gasteiger partial charge in [-0.1, -0.05) is 77.6 Å². The Balaban J connectivity index is 1.15. The fourth-order valence-corrected chi connectivity index (χ4v) is 6.48. The summed E-state index contributed by atoms with van der Waals surface area (Å²) in [5, 5.41) is 13.9. The second-order valence-electron chi connectivity index (χ2n) is 9.80. The Hall–Kier alpha value is -1.62. The molecule has 2 saturated heterocycles. The molecule has 0 radical (unpaired) electrons. The molecule has 2 aromatic rings. The summed E-state index contributed by atoms with van der Waals surface area (Å²) < 4.78 is 31.9. The Morgan fingerprint density at radius 3 is 2.42 bits per heavy atom. The number of hydrogen-bond acceptors (Lipinski definition) is 9. The second kappa shape index (κ2) is 13.3. The number of anilines is 1. The molecule has 0 amide bonds. The quantitative estimate of drug-likeness (QED) is 0.225. The SMILES string of the molecule is CCCCCCCCCCCCCCNP1(=O)OC[C@H]2O[C@@H](n3cnc4c(N)ncnc43)[C@H](O)[C@@H]2O1. The van der Waals surface area contributed by atoms with Gasteiger partial charge >= 0.3 is 7.75 Å². The molecule has 36 heavy (non-hydrogen) atoms. The molecule has 2 aromatic heterocycles. The monoisotopic (exact) mass is 524 g/mol. The highest BCUT2D eigenvalue weighted by atomic mass is 31.2. The summed E-state index contributed by atoms with van der Waals surface area (Å²) in [6, 6.07) is 0. The summed E-state index contributed by atoms with van der Waals surface area (Å²) in [6.07, 6.45) is 14.7. The molecule has 1 unspecified atom stereocenters. The number of aromatic nitrogens is 4. The lowest BCUT2D eigenvalue weighted by molar-refractivity contribution is -0.0595. The molecule has 0 aliphatic carbocycles. The predicted molar refractivity (Wildman–Crippen MR) is 137 cm³/mol. The van der Waals surface area contributed by atoms with Crippen LogP contribution in [-0.2, 0) is 18.3 Å². The molecule has 5 atom stereocenters. The van der Waals surface area contributed by atoms with Crippen molar-refractivity contribution in [2.75, 3.05) is 18.9 Å². The van der Waals surface area contributed by atoms with Gasteiger partial charge in [0.05, 0.1) is 12.9 Å². The van der Waals surface area contributed by atoms with Crippen LogP contribution in [0.15, 0.2) is 12.7 Å². The molecule has 0 saturated carbocycles. The van der Waals surface area contributed by atoms with E-state index in [1.807, 2.05) is 0 Å². The molecule has 11 nitrogen and oxygen atoms in total. The Kier molecular flexibility index (Phi) is 10.1. The van der Waals surface area contributed by atoms with E-state index in [0.29, 0.717) is 17.7 Å². The number of aliphatic hydroxyl groups excluding tert-OH is 1. The summed E-state index contributed by atoms with van der Waals surface area (Å²) in [5.41, 5.74) is 6.73. The third-order valence-corrected chi connectivity index (χ3v) is 8.60. The van der Waals surface area contributed by atoms with Crippen LogP contribution in [0.2, 0.25) is 0 Å². The number of nitrogen functional groups attached to an aromatic ring is 1. The van der Waals surface area contributed by atoms with E-state index >= 15 is 0 Å². The minimum Gasteiger partial charge on any atom is -0.386 e. The molecule has 4 heterocycles. The molecular formula is C24H41N6O5P. The summed E-state index contributed by atoms with van der Waals surface area (Å²) in [7, 11) is -3.52. The van der Waals surface area contributed by atoms with Crippen LogP contribution in [0.25, 0.3) is 11.2 Å². The van der Waals surface area contributed by atoms with Gasteiger partial charge in [-0.05, 0) is 6.42 Å². The smallest absolute Gasteiger partial charge is 0.386 e. The van der Waals surface area contributed by atoms with Gasteiger partial charge in [-0.2, -0.15) is 0 Å². The van der Waals surface area contributed by atoms with Gasteiger partial charge in [0.1, 0.15) is 30.2 Å². The van der Waals surface area contributed by atoms with Crippen LogP contribution in [0.3, 0.4) is 0 Å². The first-order valence-electron chi connectivity index (χ1n) is 13.5. The highest BCUT2D eigenvalue weighted by Crippen LogP contribution is 2.52. The molecule has 2 fully saturated rings. The van der Waals surface area contributed by atoms with Gasteiger partial charge in [0, 0.05) is 6.54 Å². The normalized spacial score (nSPS) is 28.1. The van der Waals surface area contributed by atoms with Gasteiger partial charge in [0.2, 0.25) is 0 Å². The Labute approximate surface area is 213 Å². The zero-order valence-electron chi connectivity index (χ0n) is 21.3. The van der Waals surface area contributed by atoms with Crippen molar-refractivity contribution in [3.63, 3.8) is 0 Å². The average Bonchev–Trinajstić information content (AvgIpc) is 3.44. The van der Waals surface area contributed by atoms with E-state index in [2.05, 4.69) is 27.0 Å². The number of unbranched alkanes of at least 4 members (excludes halogenated alkanes) is 11. The van der Waals surface area contributed by atoms with Crippen LogP contribution in [0, 0.1) is 0 Å². The van der Waals surface area contributed by atoms with Gasteiger partial charge in [0.25, 0.3) is 0 Å². The van der Waals surface area contributed by atoms with Gasteiger partial charge in [-0.3, -0.25) is 13.6 Å². The Morgan fingerprint density at radius 1 is 1.06 bits per heavy atom. The fourth-order valence-electron chi connectivity index (χ4n) is 4.90. The molecule has 4 rings (SSSR count). The van der Waals surface area contributed by atoms with Crippen molar-refractivity contribution in [3.8, 4) is 0 Å². The molecule has 0 aromatic carbocycles. The lowest BCUT2D eigenvalue weighted by Crippen LogP contribution is -2.41. The lowest BCUT2D eigenvalue weighted by atomic mass is 10.1. The maximum absolute atomic E-state index is 13.1. The van der Waals surface area contributed by atoms with Gasteiger partial charge < -0.3 is 15.6 Å². The molecule has 0 bridgehead atoms. The first-order chi connectivity index (χ1) is 17.5. The van der Waals surface area contributed by atoms with Crippen molar-refractivity contribution in [2.24, 2.45) is 0 Å². The third kappa shape index (κ3) is 6.82. The van der Waals surface area contributed by atoms with E-state index in [1.54, 1.807) is 4.57 Å². The van der Waals surface area contributed by atoms with E-state index < -0.39 is 32.3 Å². The molecule has 2 aliphatic rings. The van der Waals surface area contributed by atoms with E-state index in [9.17, 15) is 9.67 Å². The number of nitrogens with one attached hydrogen (secondary N) is 1. The van der Waals surface area contributed by atoms with Crippen molar-refractivity contribution >= 4 is 24.7 Å². The van der Waals surface area contributed by atoms with Crippen molar-refractivity contribution in [3.05, 3.63) is 12.7 Å². The standard InChI is InChI=1S/C24H41N6O5P/c1-2-3-4-5-6-7-8-9-10-11-12-13-14-29-36(32)33-15-18-21(35-36)20(31)24(34-18)30-17-28-19-22(25)26-16-27-23(19)30/h16-18,20-21,24,31H,2-15H2,1H3,(H,29,32)(H2,25,26,27)/t18-,20-,21-,24-,36?/m1/s1. The minimum absolute atomic E-state index is 0.0602. The number of rotatable bonds is 15. The summed E-state index contributed by atoms with van der Waals surface area (Å²) in [4.78, 5) is 12.4. The second-order valence-corrected chi connectivity index (χ2v) is 11.6.